The number of methoxy groups -OCH3 is 2. The van der Waals surface area contributed by atoms with Gasteiger partial charge in [-0.3, -0.25) is 9.59 Å². The van der Waals surface area contributed by atoms with Gasteiger partial charge in [0.15, 0.2) is 17.0 Å². The molecular weight excluding hydrogens is 446 g/mol. The number of nitrogens with zero attached hydrogens (tertiary/aromatic N) is 4. The van der Waals surface area contributed by atoms with Gasteiger partial charge in [-0.15, -0.1) is 0 Å². The molecular formula is C26H29N5O4. The normalized spacial score (nSPS) is 11.9. The van der Waals surface area contributed by atoms with Gasteiger partial charge in [-0.05, 0) is 51.5 Å². The summed E-state index contributed by atoms with van der Waals surface area (Å²) in [5.74, 6) is 0.682. The predicted octanol–water partition coefficient (Wildman–Crippen LogP) is 4.11. The molecule has 0 aliphatic carbocycles. The van der Waals surface area contributed by atoms with Crippen LogP contribution in [0.25, 0.3) is 16.6 Å². The van der Waals surface area contributed by atoms with E-state index in [4.69, 9.17) is 9.47 Å². The number of aromatic nitrogens is 4. The van der Waals surface area contributed by atoms with Crippen LogP contribution in [0.2, 0.25) is 0 Å². The minimum Gasteiger partial charge on any atom is -0.493 e. The molecule has 4 aromatic rings. The molecule has 0 saturated heterocycles. The average molecular weight is 476 g/mol. The summed E-state index contributed by atoms with van der Waals surface area (Å²) in [6.45, 7) is 7.59. The van der Waals surface area contributed by atoms with Crippen molar-refractivity contribution in [3.63, 3.8) is 0 Å². The molecule has 0 aliphatic heterocycles. The summed E-state index contributed by atoms with van der Waals surface area (Å²) < 4.78 is 13.5. The van der Waals surface area contributed by atoms with Gasteiger partial charge in [-0.25, -0.2) is 9.36 Å². The fraction of sp³-hybridized carbons (Fsp3) is 0.308. The van der Waals surface area contributed by atoms with E-state index in [0.29, 0.717) is 34.7 Å². The van der Waals surface area contributed by atoms with E-state index in [-0.39, 0.29) is 11.4 Å². The summed E-state index contributed by atoms with van der Waals surface area (Å²) in [7, 11) is 3.07. The number of amides is 1. The molecule has 9 nitrogen and oxygen atoms in total. The van der Waals surface area contributed by atoms with Crippen molar-refractivity contribution in [2.45, 2.75) is 40.2 Å². The Hall–Kier alpha value is -4.14. The van der Waals surface area contributed by atoms with Gasteiger partial charge < -0.3 is 14.8 Å². The van der Waals surface area contributed by atoms with Crippen LogP contribution in [0.5, 0.6) is 11.5 Å². The fourth-order valence-corrected chi connectivity index (χ4v) is 4.21. The fourth-order valence-electron chi connectivity index (χ4n) is 4.21. The first-order valence-electron chi connectivity index (χ1n) is 11.4. The maximum absolute atomic E-state index is 13.5. The summed E-state index contributed by atoms with van der Waals surface area (Å²) in [6, 6.07) is 12.2. The van der Waals surface area contributed by atoms with Crippen molar-refractivity contribution in [2.75, 3.05) is 19.5 Å². The number of hydrogen-bond donors (Lipinski definition) is 1. The van der Waals surface area contributed by atoms with Crippen LogP contribution in [0.3, 0.4) is 0 Å². The second-order valence-corrected chi connectivity index (χ2v) is 8.37. The first kappa shape index (κ1) is 24.0. The Kier molecular flexibility index (Phi) is 6.59. The van der Waals surface area contributed by atoms with Crippen LogP contribution in [-0.2, 0) is 4.79 Å². The summed E-state index contributed by atoms with van der Waals surface area (Å²) >= 11 is 0. The highest BCUT2D eigenvalue weighted by molar-refractivity contribution is 5.94. The van der Waals surface area contributed by atoms with Gasteiger partial charge in [0.2, 0.25) is 5.91 Å². The maximum atomic E-state index is 13.5. The van der Waals surface area contributed by atoms with Gasteiger partial charge >= 0.3 is 0 Å². The van der Waals surface area contributed by atoms with Crippen LogP contribution in [0.1, 0.15) is 36.3 Å². The van der Waals surface area contributed by atoms with Crippen molar-refractivity contribution in [1.29, 1.82) is 0 Å². The lowest BCUT2D eigenvalue weighted by atomic mass is 10.1. The molecule has 35 heavy (non-hydrogen) atoms. The van der Waals surface area contributed by atoms with Crippen LogP contribution in [-0.4, -0.2) is 39.7 Å². The van der Waals surface area contributed by atoms with Crippen molar-refractivity contribution in [2.24, 2.45) is 0 Å². The molecule has 2 aromatic carbocycles. The van der Waals surface area contributed by atoms with Gasteiger partial charge in [0.25, 0.3) is 5.56 Å². The quantitative estimate of drug-likeness (QED) is 0.432. The third kappa shape index (κ3) is 4.37. The van der Waals surface area contributed by atoms with Crippen molar-refractivity contribution in [3.8, 4) is 17.2 Å². The maximum Gasteiger partial charge on any atom is 0.295 e. The first-order chi connectivity index (χ1) is 16.8. The van der Waals surface area contributed by atoms with E-state index in [1.165, 1.54) is 11.8 Å². The monoisotopic (exact) mass is 475 g/mol. The van der Waals surface area contributed by atoms with E-state index in [1.807, 2.05) is 52.0 Å². The second kappa shape index (κ2) is 9.61. The third-order valence-corrected chi connectivity index (χ3v) is 6.06. The lowest BCUT2D eigenvalue weighted by Gasteiger charge is -2.18. The molecule has 0 saturated carbocycles. The third-order valence-electron chi connectivity index (χ3n) is 6.06. The summed E-state index contributed by atoms with van der Waals surface area (Å²) in [5, 5.41) is 12.7. The molecule has 0 bridgehead atoms. The lowest BCUT2D eigenvalue weighted by molar-refractivity contribution is -0.119. The second-order valence-electron chi connectivity index (χ2n) is 8.37. The smallest absolute Gasteiger partial charge is 0.295 e. The largest absolute Gasteiger partial charge is 0.493 e. The molecule has 0 fully saturated rings. The number of ether oxygens (including phenoxy) is 2. The number of benzene rings is 2. The van der Waals surface area contributed by atoms with Crippen LogP contribution >= 0.6 is 0 Å². The molecule has 0 aliphatic rings. The molecule has 0 spiro atoms. The van der Waals surface area contributed by atoms with Gasteiger partial charge in [0.1, 0.15) is 6.04 Å². The SMILES string of the molecule is CC[C@H](C(=O)Nc1ccc(OC)c(OC)c1)n1nc(C)c2c(C)n(-c3ccc(C)cc3)nc2c1=O. The first-order valence-corrected chi connectivity index (χ1v) is 11.4. The van der Waals surface area contributed by atoms with Gasteiger partial charge in [-0.2, -0.15) is 10.2 Å². The Bertz CT molecular complexity index is 1450. The average Bonchev–Trinajstić information content (AvgIpc) is 3.20. The zero-order valence-corrected chi connectivity index (χ0v) is 20.7. The Morgan fingerprint density at radius 3 is 2.31 bits per heavy atom. The Morgan fingerprint density at radius 2 is 1.69 bits per heavy atom. The molecule has 0 radical (unpaired) electrons. The van der Waals surface area contributed by atoms with Crippen LogP contribution in [0, 0.1) is 20.8 Å². The molecule has 2 aromatic heterocycles. The molecule has 182 valence electrons. The topological polar surface area (TPSA) is 100 Å². The molecule has 1 amide bonds. The Labute approximate surface area is 203 Å². The highest BCUT2D eigenvalue weighted by Crippen LogP contribution is 2.30. The van der Waals surface area contributed by atoms with Crippen molar-refractivity contribution < 1.29 is 14.3 Å². The predicted molar refractivity (Wildman–Crippen MR) is 135 cm³/mol. The molecule has 4 rings (SSSR count). The van der Waals surface area contributed by atoms with Gasteiger partial charge in [-0.1, -0.05) is 24.6 Å². The van der Waals surface area contributed by atoms with Crippen LogP contribution in [0.4, 0.5) is 5.69 Å². The number of carbonyl (C=O) groups excluding carboxylic acids is 1. The van der Waals surface area contributed by atoms with Gasteiger partial charge in [0.05, 0.1) is 36.7 Å². The molecule has 1 N–H and O–H groups in total. The van der Waals surface area contributed by atoms with E-state index in [9.17, 15) is 9.59 Å². The molecule has 0 unspecified atom stereocenters. The van der Waals surface area contributed by atoms with Crippen molar-refractivity contribution in [1.82, 2.24) is 19.6 Å². The van der Waals surface area contributed by atoms with E-state index in [0.717, 1.165) is 16.9 Å². The van der Waals surface area contributed by atoms with Crippen molar-refractivity contribution >= 4 is 22.5 Å². The van der Waals surface area contributed by atoms with E-state index in [2.05, 4.69) is 15.5 Å². The Morgan fingerprint density at radius 1 is 1.00 bits per heavy atom. The van der Waals surface area contributed by atoms with E-state index >= 15 is 0 Å². The highest BCUT2D eigenvalue weighted by Gasteiger charge is 2.25. The minimum absolute atomic E-state index is 0.285. The number of rotatable bonds is 7. The van der Waals surface area contributed by atoms with Crippen molar-refractivity contribution in [3.05, 3.63) is 69.8 Å². The summed E-state index contributed by atoms with van der Waals surface area (Å²) in [4.78, 5) is 26.7. The molecule has 9 heteroatoms. The highest BCUT2D eigenvalue weighted by atomic mass is 16.5. The Balaban J connectivity index is 1.73. The van der Waals surface area contributed by atoms with E-state index < -0.39 is 11.6 Å². The number of fused-ring (bicyclic) bond motifs is 1. The minimum atomic E-state index is -0.816. The zero-order valence-electron chi connectivity index (χ0n) is 20.7. The van der Waals surface area contributed by atoms with Crippen LogP contribution < -0.4 is 20.3 Å². The summed E-state index contributed by atoms with van der Waals surface area (Å²) in [6.07, 6.45) is 0.370. The molecule has 1 atom stereocenters. The molecule has 2 heterocycles. The number of hydrogen-bond acceptors (Lipinski definition) is 6. The number of aryl methyl sites for hydroxylation is 3. The zero-order chi connectivity index (χ0) is 25.3. The number of carbonyl (C=O) groups is 1. The lowest BCUT2D eigenvalue weighted by Crippen LogP contribution is -2.35. The van der Waals surface area contributed by atoms with Gasteiger partial charge in [0, 0.05) is 11.8 Å². The number of anilines is 1. The standard InChI is InChI=1S/C26H29N5O4/c1-7-20(25(32)27-18-10-13-21(34-5)22(14-18)35-6)31-26(33)24-23(16(3)28-31)17(4)30(29-24)19-11-8-15(2)9-12-19/h8-14,20H,7H2,1-6H3,(H,27,32)/t20-/m1/s1. The number of nitrogens with one attached hydrogen (secondary N) is 1. The van der Waals surface area contributed by atoms with E-state index in [1.54, 1.807) is 30.0 Å². The van der Waals surface area contributed by atoms with Crippen LogP contribution in [0.15, 0.2) is 47.3 Å². The summed E-state index contributed by atoms with van der Waals surface area (Å²) in [5.41, 5.74) is 3.84.